The number of nitrogens with zero attached hydrogens (tertiary/aromatic N) is 1. The van der Waals surface area contributed by atoms with Gasteiger partial charge in [0, 0.05) is 13.1 Å². The number of carbonyl (C=O) groups excluding carboxylic acids is 2. The van der Waals surface area contributed by atoms with Gasteiger partial charge in [-0.3, -0.25) is 9.59 Å². The zero-order chi connectivity index (χ0) is 14.8. The predicted octanol–water partition coefficient (Wildman–Crippen LogP) is 0.394. The van der Waals surface area contributed by atoms with Gasteiger partial charge in [-0.2, -0.15) is 0 Å². The number of hydrogen-bond acceptors (Lipinski definition) is 3. The van der Waals surface area contributed by atoms with Crippen LogP contribution in [0.4, 0.5) is 4.79 Å². The third kappa shape index (κ3) is 8.01. The lowest BCUT2D eigenvalue weighted by atomic mass is 10.1. The molecule has 3 amide bonds. The molecule has 7 nitrogen and oxygen atoms in total. The van der Waals surface area contributed by atoms with E-state index in [4.69, 9.17) is 10.8 Å². The average molecular weight is 273 g/mol. The molecule has 0 heterocycles. The fourth-order valence-corrected chi connectivity index (χ4v) is 1.42. The number of amides is 3. The maximum Gasteiger partial charge on any atom is 0.317 e. The van der Waals surface area contributed by atoms with E-state index in [2.05, 4.69) is 5.32 Å². The van der Waals surface area contributed by atoms with E-state index in [9.17, 15) is 14.4 Å². The molecule has 1 atom stereocenters. The lowest BCUT2D eigenvalue weighted by molar-refractivity contribution is -0.141. The van der Waals surface area contributed by atoms with E-state index in [0.29, 0.717) is 13.0 Å². The zero-order valence-corrected chi connectivity index (χ0v) is 11.5. The summed E-state index contributed by atoms with van der Waals surface area (Å²) in [6.45, 7) is 4.15. The molecule has 0 aliphatic rings. The van der Waals surface area contributed by atoms with Crippen molar-refractivity contribution >= 4 is 17.9 Å². The van der Waals surface area contributed by atoms with Gasteiger partial charge in [0.25, 0.3) is 0 Å². The molecule has 0 aliphatic carbocycles. The summed E-state index contributed by atoms with van der Waals surface area (Å²) >= 11 is 0. The van der Waals surface area contributed by atoms with Crippen molar-refractivity contribution in [1.29, 1.82) is 0 Å². The summed E-state index contributed by atoms with van der Waals surface area (Å²) in [6, 6.07) is -0.384. The number of carboxylic acid groups (broad SMARTS) is 1. The summed E-state index contributed by atoms with van der Waals surface area (Å²) < 4.78 is 0. The number of nitrogens with one attached hydrogen (secondary N) is 1. The Bertz CT molecular complexity index is 320. The lowest BCUT2D eigenvalue weighted by Gasteiger charge is -2.21. The van der Waals surface area contributed by atoms with Gasteiger partial charge in [-0.15, -0.1) is 0 Å². The fraction of sp³-hybridized carbons (Fsp3) is 0.750. The van der Waals surface area contributed by atoms with Gasteiger partial charge in [0.2, 0.25) is 5.91 Å². The van der Waals surface area contributed by atoms with Gasteiger partial charge in [-0.05, 0) is 12.8 Å². The highest BCUT2D eigenvalue weighted by Gasteiger charge is 2.16. The monoisotopic (exact) mass is 273 g/mol. The fourth-order valence-electron chi connectivity index (χ4n) is 1.42. The molecule has 19 heavy (non-hydrogen) atoms. The largest absolute Gasteiger partial charge is 0.481 e. The van der Waals surface area contributed by atoms with E-state index in [-0.39, 0.29) is 19.1 Å². The maximum absolute atomic E-state index is 11.8. The molecule has 0 saturated heterocycles. The molecular formula is C12H23N3O4. The summed E-state index contributed by atoms with van der Waals surface area (Å²) in [6.07, 6.45) is 2.03. The van der Waals surface area contributed by atoms with Crippen LogP contribution in [0.25, 0.3) is 0 Å². The van der Waals surface area contributed by atoms with Crippen LogP contribution in [0.5, 0.6) is 0 Å². The summed E-state index contributed by atoms with van der Waals surface area (Å²) in [4.78, 5) is 34.6. The third-order valence-electron chi connectivity index (χ3n) is 2.69. The molecule has 0 aromatic rings. The second-order valence-corrected chi connectivity index (χ2v) is 4.50. The Morgan fingerprint density at radius 2 is 2.00 bits per heavy atom. The Morgan fingerprint density at radius 3 is 2.47 bits per heavy atom. The van der Waals surface area contributed by atoms with Gasteiger partial charge in [0.1, 0.15) is 6.54 Å². The number of primary amides is 1. The maximum atomic E-state index is 11.8. The Balaban J connectivity index is 4.16. The number of aliphatic carboxylic acids is 1. The number of carbonyl (C=O) groups is 3. The van der Waals surface area contributed by atoms with Crippen molar-refractivity contribution in [3.05, 3.63) is 0 Å². The molecule has 4 N–H and O–H groups in total. The number of urea groups is 1. The number of unbranched alkanes of at least 4 members (excludes halogenated alkanes) is 1. The summed E-state index contributed by atoms with van der Waals surface area (Å²) in [5, 5.41) is 11.3. The SMILES string of the molecule is CCCCN(CC(N)=O)C(=O)NCCC(C)C(=O)O. The van der Waals surface area contributed by atoms with Crippen molar-refractivity contribution < 1.29 is 19.5 Å². The molecule has 0 bridgehead atoms. The van der Waals surface area contributed by atoms with Crippen molar-refractivity contribution in [3.63, 3.8) is 0 Å². The molecule has 0 radical (unpaired) electrons. The molecule has 0 saturated carbocycles. The normalized spacial score (nSPS) is 11.7. The molecule has 110 valence electrons. The first-order chi connectivity index (χ1) is 8.88. The van der Waals surface area contributed by atoms with Crippen LogP contribution in [0.2, 0.25) is 0 Å². The molecule has 0 rings (SSSR count). The summed E-state index contributed by atoms with van der Waals surface area (Å²) in [5.41, 5.74) is 5.08. The van der Waals surface area contributed by atoms with Crippen molar-refractivity contribution in [2.75, 3.05) is 19.6 Å². The minimum Gasteiger partial charge on any atom is -0.481 e. The molecule has 7 heteroatoms. The number of hydrogen-bond donors (Lipinski definition) is 3. The second kappa shape index (κ2) is 9.18. The molecule has 0 aromatic carbocycles. The minimum atomic E-state index is -0.894. The Kier molecular flexibility index (Phi) is 8.32. The van der Waals surface area contributed by atoms with Crippen molar-refractivity contribution in [3.8, 4) is 0 Å². The van der Waals surface area contributed by atoms with Gasteiger partial charge in [0.15, 0.2) is 0 Å². The van der Waals surface area contributed by atoms with E-state index in [1.165, 1.54) is 4.90 Å². The quantitative estimate of drug-likeness (QED) is 0.564. The van der Waals surface area contributed by atoms with Gasteiger partial charge >= 0.3 is 12.0 Å². The van der Waals surface area contributed by atoms with Crippen LogP contribution in [-0.4, -0.2) is 47.5 Å². The topological polar surface area (TPSA) is 113 Å². The van der Waals surface area contributed by atoms with Crippen molar-refractivity contribution in [1.82, 2.24) is 10.2 Å². The van der Waals surface area contributed by atoms with Crippen LogP contribution in [0.15, 0.2) is 0 Å². The van der Waals surface area contributed by atoms with Crippen LogP contribution in [0.3, 0.4) is 0 Å². The highest BCUT2D eigenvalue weighted by molar-refractivity contribution is 5.82. The van der Waals surface area contributed by atoms with Gasteiger partial charge < -0.3 is 21.1 Å². The molecule has 0 fully saturated rings. The van der Waals surface area contributed by atoms with Gasteiger partial charge in [-0.25, -0.2) is 4.79 Å². The van der Waals surface area contributed by atoms with Crippen LogP contribution in [-0.2, 0) is 9.59 Å². The molecule has 0 aromatic heterocycles. The summed E-state index contributed by atoms with van der Waals surface area (Å²) in [5.74, 6) is -1.97. The molecule has 0 aliphatic heterocycles. The van der Waals surface area contributed by atoms with E-state index in [1.54, 1.807) is 6.92 Å². The molecule has 1 unspecified atom stereocenters. The van der Waals surface area contributed by atoms with Crippen LogP contribution in [0, 0.1) is 5.92 Å². The van der Waals surface area contributed by atoms with Crippen molar-refractivity contribution in [2.45, 2.75) is 33.1 Å². The predicted molar refractivity (Wildman–Crippen MR) is 70.5 cm³/mol. The lowest BCUT2D eigenvalue weighted by Crippen LogP contribution is -2.45. The van der Waals surface area contributed by atoms with E-state index in [1.807, 2.05) is 6.92 Å². The standard InChI is InChI=1S/C12H23N3O4/c1-3-4-7-15(8-10(13)16)12(19)14-6-5-9(2)11(17)18/h9H,3-8H2,1-2H3,(H2,13,16)(H,14,19)(H,17,18). The number of rotatable bonds is 9. The highest BCUT2D eigenvalue weighted by Crippen LogP contribution is 2.01. The summed E-state index contributed by atoms with van der Waals surface area (Å²) in [7, 11) is 0. The van der Waals surface area contributed by atoms with E-state index < -0.39 is 17.8 Å². The number of nitrogens with two attached hydrogens (primary N) is 1. The van der Waals surface area contributed by atoms with Crippen LogP contribution >= 0.6 is 0 Å². The zero-order valence-electron chi connectivity index (χ0n) is 11.5. The average Bonchev–Trinajstić information content (AvgIpc) is 2.33. The number of carboxylic acids is 1. The molecule has 0 spiro atoms. The highest BCUT2D eigenvalue weighted by atomic mass is 16.4. The first-order valence-electron chi connectivity index (χ1n) is 6.42. The Hall–Kier alpha value is -1.79. The third-order valence-corrected chi connectivity index (χ3v) is 2.69. The van der Waals surface area contributed by atoms with Crippen LogP contribution in [0.1, 0.15) is 33.1 Å². The van der Waals surface area contributed by atoms with Gasteiger partial charge in [-0.1, -0.05) is 20.3 Å². The first kappa shape index (κ1) is 17.2. The van der Waals surface area contributed by atoms with E-state index >= 15 is 0 Å². The van der Waals surface area contributed by atoms with Gasteiger partial charge in [0.05, 0.1) is 5.92 Å². The van der Waals surface area contributed by atoms with Crippen molar-refractivity contribution in [2.24, 2.45) is 11.7 Å². The van der Waals surface area contributed by atoms with E-state index in [0.717, 1.165) is 12.8 Å². The Morgan fingerprint density at radius 1 is 1.37 bits per heavy atom. The minimum absolute atomic E-state index is 0.125. The molecular weight excluding hydrogens is 250 g/mol. The first-order valence-corrected chi connectivity index (χ1v) is 6.42. The Labute approximate surface area is 113 Å². The van der Waals surface area contributed by atoms with Crippen LogP contribution < -0.4 is 11.1 Å². The second-order valence-electron chi connectivity index (χ2n) is 4.50. The smallest absolute Gasteiger partial charge is 0.317 e.